The van der Waals surface area contributed by atoms with Crippen LogP contribution < -0.4 is 0 Å². The molecule has 0 bridgehead atoms. The smallest absolute Gasteiger partial charge is 0.264 e. The first-order valence-corrected chi connectivity index (χ1v) is 6.56. The van der Waals surface area contributed by atoms with Crippen molar-refractivity contribution < 1.29 is 13.0 Å². The van der Waals surface area contributed by atoms with Crippen LogP contribution in [-0.2, 0) is 10.1 Å². The van der Waals surface area contributed by atoms with Crippen molar-refractivity contribution >= 4 is 10.1 Å². The molecule has 0 rings (SSSR count). The van der Waals surface area contributed by atoms with Crippen LogP contribution in [0.3, 0.4) is 0 Å². The Morgan fingerprint density at radius 1 is 1.00 bits per heavy atom. The van der Waals surface area contributed by atoms with Crippen LogP contribution in [0.2, 0.25) is 0 Å². The lowest BCUT2D eigenvalue weighted by Crippen LogP contribution is -2.03. The molecule has 0 heterocycles. The highest BCUT2D eigenvalue weighted by atomic mass is 32.2. The van der Waals surface area contributed by atoms with Crippen LogP contribution >= 0.6 is 0 Å². The Bertz CT molecular complexity index is 262. The van der Waals surface area contributed by atoms with Crippen molar-refractivity contribution in [3.05, 3.63) is 0 Å². The second-order valence-corrected chi connectivity index (χ2v) is 4.93. The van der Waals surface area contributed by atoms with E-state index in [1.54, 1.807) is 0 Å². The summed E-state index contributed by atoms with van der Waals surface area (Å²) in [7, 11) is -3.75. The summed E-state index contributed by atoms with van der Waals surface area (Å²) in [5.41, 5.74) is 0. The normalized spacial score (nSPS) is 11.1. The molecule has 0 amide bonds. The molecule has 0 aromatic rings. The molecular weight excluding hydrogens is 200 g/mol. The van der Waals surface area contributed by atoms with Crippen LogP contribution in [0.15, 0.2) is 0 Å². The molecule has 0 aromatic heterocycles. The van der Waals surface area contributed by atoms with Gasteiger partial charge in [-0.15, -0.1) is 12.3 Å². The Labute approximate surface area is 86.7 Å². The minimum absolute atomic E-state index is 0.114. The number of rotatable bonds is 8. The molecule has 1 N–H and O–H groups in total. The average Bonchev–Trinajstić information content (AvgIpc) is 2.08. The number of hydrogen-bond donors (Lipinski definition) is 1. The highest BCUT2D eigenvalue weighted by Gasteiger charge is 2.02. The fraction of sp³-hybridized carbons (Fsp3) is 0.800. The van der Waals surface area contributed by atoms with E-state index in [2.05, 4.69) is 5.92 Å². The second kappa shape index (κ2) is 7.84. The lowest BCUT2D eigenvalue weighted by Gasteiger charge is -1.99. The van der Waals surface area contributed by atoms with E-state index in [-0.39, 0.29) is 5.75 Å². The summed E-state index contributed by atoms with van der Waals surface area (Å²) in [6, 6.07) is 0. The first-order chi connectivity index (χ1) is 6.56. The molecule has 0 aliphatic carbocycles. The van der Waals surface area contributed by atoms with Gasteiger partial charge in [0.2, 0.25) is 0 Å². The Kier molecular flexibility index (Phi) is 7.54. The summed E-state index contributed by atoms with van der Waals surface area (Å²) >= 11 is 0. The molecule has 0 aliphatic rings. The Morgan fingerprint density at radius 2 is 1.50 bits per heavy atom. The number of terminal acetylenes is 1. The van der Waals surface area contributed by atoms with Crippen molar-refractivity contribution in [3.63, 3.8) is 0 Å². The molecule has 0 atom stereocenters. The zero-order chi connectivity index (χ0) is 10.9. The number of hydrogen-bond acceptors (Lipinski definition) is 2. The van der Waals surface area contributed by atoms with Gasteiger partial charge in [-0.05, 0) is 12.8 Å². The SMILES string of the molecule is C#CCCCCCCCCS(=O)(=O)O. The van der Waals surface area contributed by atoms with Crippen molar-refractivity contribution in [1.82, 2.24) is 0 Å². The predicted octanol–water partition coefficient (Wildman–Crippen LogP) is 2.24. The molecule has 0 unspecified atom stereocenters. The van der Waals surface area contributed by atoms with Gasteiger partial charge in [-0.1, -0.05) is 25.7 Å². The molecule has 0 spiro atoms. The summed E-state index contributed by atoms with van der Waals surface area (Å²) in [5.74, 6) is 2.46. The largest absolute Gasteiger partial charge is 0.286 e. The van der Waals surface area contributed by atoms with Gasteiger partial charge in [0.25, 0.3) is 10.1 Å². The highest BCUT2D eigenvalue weighted by molar-refractivity contribution is 7.85. The van der Waals surface area contributed by atoms with Crippen LogP contribution in [0.25, 0.3) is 0 Å². The van der Waals surface area contributed by atoms with Crippen LogP contribution in [0, 0.1) is 12.3 Å². The second-order valence-electron chi connectivity index (χ2n) is 3.36. The monoisotopic (exact) mass is 218 g/mol. The van der Waals surface area contributed by atoms with Crippen molar-refractivity contribution in [2.75, 3.05) is 5.75 Å². The lowest BCUT2D eigenvalue weighted by atomic mass is 10.1. The Balaban J connectivity index is 3.12. The third-order valence-electron chi connectivity index (χ3n) is 1.97. The topological polar surface area (TPSA) is 54.4 Å². The van der Waals surface area contributed by atoms with Gasteiger partial charge in [-0.25, -0.2) is 0 Å². The molecule has 82 valence electrons. The summed E-state index contributed by atoms with van der Waals surface area (Å²) in [6.45, 7) is 0. The van der Waals surface area contributed by atoms with Gasteiger partial charge < -0.3 is 0 Å². The van der Waals surface area contributed by atoms with Crippen molar-refractivity contribution in [2.24, 2.45) is 0 Å². The summed E-state index contributed by atoms with van der Waals surface area (Å²) in [5, 5.41) is 0. The molecule has 0 saturated heterocycles. The Morgan fingerprint density at radius 3 is 2.00 bits per heavy atom. The van der Waals surface area contributed by atoms with Gasteiger partial charge in [0, 0.05) is 6.42 Å². The van der Waals surface area contributed by atoms with E-state index in [4.69, 9.17) is 11.0 Å². The van der Waals surface area contributed by atoms with E-state index in [0.29, 0.717) is 6.42 Å². The molecular formula is C10H18O3S. The third-order valence-corrected chi connectivity index (χ3v) is 2.78. The number of unbranched alkanes of at least 4 members (excludes halogenated alkanes) is 6. The van der Waals surface area contributed by atoms with E-state index < -0.39 is 10.1 Å². The van der Waals surface area contributed by atoms with Crippen LogP contribution in [0.5, 0.6) is 0 Å². The zero-order valence-corrected chi connectivity index (χ0v) is 9.22. The molecule has 3 nitrogen and oxygen atoms in total. The molecule has 14 heavy (non-hydrogen) atoms. The predicted molar refractivity (Wildman–Crippen MR) is 57.6 cm³/mol. The summed E-state index contributed by atoms with van der Waals surface area (Å²) < 4.78 is 29.1. The van der Waals surface area contributed by atoms with E-state index in [1.165, 1.54) is 0 Å². The van der Waals surface area contributed by atoms with Gasteiger partial charge in [0.1, 0.15) is 0 Å². The molecule has 0 fully saturated rings. The molecule has 0 saturated carbocycles. The summed E-state index contributed by atoms with van der Waals surface area (Å²) in [4.78, 5) is 0. The van der Waals surface area contributed by atoms with Gasteiger partial charge in [-0.2, -0.15) is 8.42 Å². The van der Waals surface area contributed by atoms with Crippen molar-refractivity contribution in [1.29, 1.82) is 0 Å². The van der Waals surface area contributed by atoms with E-state index in [1.807, 2.05) is 0 Å². The first kappa shape index (κ1) is 13.5. The van der Waals surface area contributed by atoms with Gasteiger partial charge in [0.15, 0.2) is 0 Å². The molecule has 0 aliphatic heterocycles. The fourth-order valence-corrected chi connectivity index (χ4v) is 1.79. The van der Waals surface area contributed by atoms with E-state index in [9.17, 15) is 8.42 Å². The van der Waals surface area contributed by atoms with Gasteiger partial charge >= 0.3 is 0 Å². The van der Waals surface area contributed by atoms with E-state index in [0.717, 1.165) is 38.5 Å². The van der Waals surface area contributed by atoms with Gasteiger partial charge in [0.05, 0.1) is 5.75 Å². The minimum atomic E-state index is -3.75. The average molecular weight is 218 g/mol. The maximum absolute atomic E-state index is 10.3. The van der Waals surface area contributed by atoms with E-state index >= 15 is 0 Å². The maximum atomic E-state index is 10.3. The van der Waals surface area contributed by atoms with Gasteiger partial charge in [-0.3, -0.25) is 4.55 Å². The first-order valence-electron chi connectivity index (χ1n) is 4.95. The lowest BCUT2D eigenvalue weighted by molar-refractivity contribution is 0.478. The molecule has 4 heteroatoms. The highest BCUT2D eigenvalue weighted by Crippen LogP contribution is 2.07. The Hall–Kier alpha value is -0.530. The fourth-order valence-electron chi connectivity index (χ4n) is 1.22. The van der Waals surface area contributed by atoms with Crippen LogP contribution in [0.1, 0.15) is 44.9 Å². The third kappa shape index (κ3) is 11.5. The maximum Gasteiger partial charge on any atom is 0.264 e. The van der Waals surface area contributed by atoms with Crippen molar-refractivity contribution in [3.8, 4) is 12.3 Å². The zero-order valence-electron chi connectivity index (χ0n) is 8.41. The van der Waals surface area contributed by atoms with Crippen molar-refractivity contribution in [2.45, 2.75) is 44.9 Å². The summed E-state index contributed by atoms with van der Waals surface area (Å²) in [6.07, 6.45) is 11.6. The van der Waals surface area contributed by atoms with Crippen LogP contribution in [0.4, 0.5) is 0 Å². The standard InChI is InChI=1S/C10H18O3S/c1-2-3-4-5-6-7-8-9-10-14(11,12)13/h1H,3-10H2,(H,11,12,13). The van der Waals surface area contributed by atoms with Crippen LogP contribution in [-0.4, -0.2) is 18.7 Å². The molecule has 0 aromatic carbocycles. The quantitative estimate of drug-likeness (QED) is 0.386. The molecule has 0 radical (unpaired) electrons. The minimum Gasteiger partial charge on any atom is -0.286 e.